The number of halogens is 4. The Hall–Kier alpha value is -1.17. The number of pyridine rings is 1. The minimum Gasteiger partial charge on any atom is -0.322 e. The van der Waals surface area contributed by atoms with Crippen LogP contribution in [0.15, 0.2) is 28.7 Å². The molecule has 0 bridgehead atoms. The molecule has 0 fully saturated rings. The van der Waals surface area contributed by atoms with Crippen LogP contribution in [0.25, 0.3) is 0 Å². The highest BCUT2D eigenvalue weighted by molar-refractivity contribution is 9.10. The number of hydrogen-bond acceptors (Lipinski definition) is 2. The van der Waals surface area contributed by atoms with Crippen LogP contribution in [0.5, 0.6) is 0 Å². The summed E-state index contributed by atoms with van der Waals surface area (Å²) in [5.41, 5.74) is 1.37. The van der Waals surface area contributed by atoms with Gasteiger partial charge in [0.1, 0.15) is 16.1 Å². The van der Waals surface area contributed by atoms with E-state index in [1.165, 1.54) is 24.3 Å². The van der Waals surface area contributed by atoms with Gasteiger partial charge in [0.05, 0.1) is 4.47 Å². The Balaban J connectivity index is 2.30. The van der Waals surface area contributed by atoms with E-state index in [1.54, 1.807) is 6.92 Å². The van der Waals surface area contributed by atoms with Gasteiger partial charge < -0.3 is 5.32 Å². The van der Waals surface area contributed by atoms with E-state index in [0.717, 1.165) is 0 Å². The van der Waals surface area contributed by atoms with Crippen molar-refractivity contribution in [3.05, 3.63) is 56.0 Å². The second kappa shape index (κ2) is 6.08. The van der Waals surface area contributed by atoms with Crippen molar-refractivity contribution in [2.75, 3.05) is 5.32 Å². The van der Waals surface area contributed by atoms with Gasteiger partial charge in [-0.15, -0.1) is 0 Å². The van der Waals surface area contributed by atoms with Gasteiger partial charge in [0.25, 0.3) is 5.91 Å². The third-order valence-electron chi connectivity index (χ3n) is 2.54. The van der Waals surface area contributed by atoms with Crippen LogP contribution in [-0.2, 0) is 0 Å². The standard InChI is InChI=1S/C13H8BrCl2FN2O/c1-6-2-9(17)8(14)5-10(6)18-13(20)7-3-11(15)19-12(16)4-7/h2-5H,1H3,(H,18,20). The van der Waals surface area contributed by atoms with Gasteiger partial charge in [-0.2, -0.15) is 0 Å². The highest BCUT2D eigenvalue weighted by Crippen LogP contribution is 2.25. The van der Waals surface area contributed by atoms with Gasteiger partial charge in [-0.05, 0) is 52.7 Å². The van der Waals surface area contributed by atoms with Crippen LogP contribution >= 0.6 is 39.1 Å². The van der Waals surface area contributed by atoms with E-state index in [4.69, 9.17) is 23.2 Å². The predicted molar refractivity (Wildman–Crippen MR) is 81.0 cm³/mol. The minimum absolute atomic E-state index is 0.125. The Bertz CT molecular complexity index is 674. The lowest BCUT2D eigenvalue weighted by molar-refractivity contribution is 0.102. The largest absolute Gasteiger partial charge is 0.322 e. The predicted octanol–water partition coefficient (Wildman–Crippen LogP) is 4.85. The van der Waals surface area contributed by atoms with Crippen LogP contribution in [0, 0.1) is 12.7 Å². The highest BCUT2D eigenvalue weighted by Gasteiger charge is 2.12. The number of rotatable bonds is 2. The summed E-state index contributed by atoms with van der Waals surface area (Å²) in [4.78, 5) is 15.9. The average Bonchev–Trinajstić information content (AvgIpc) is 2.34. The lowest BCUT2D eigenvalue weighted by Gasteiger charge is -2.10. The van der Waals surface area contributed by atoms with E-state index in [2.05, 4.69) is 26.2 Å². The fraction of sp³-hybridized carbons (Fsp3) is 0.0769. The first-order valence-corrected chi connectivity index (χ1v) is 7.02. The summed E-state index contributed by atoms with van der Waals surface area (Å²) in [7, 11) is 0. The molecule has 2 rings (SSSR count). The maximum atomic E-state index is 13.3. The fourth-order valence-electron chi connectivity index (χ4n) is 1.57. The van der Waals surface area contributed by atoms with Gasteiger partial charge in [-0.3, -0.25) is 4.79 Å². The number of nitrogens with one attached hydrogen (secondary N) is 1. The van der Waals surface area contributed by atoms with Crippen LogP contribution < -0.4 is 5.32 Å². The molecule has 1 aromatic heterocycles. The summed E-state index contributed by atoms with van der Waals surface area (Å²) in [5.74, 6) is -0.798. The van der Waals surface area contributed by atoms with E-state index in [0.29, 0.717) is 11.3 Å². The van der Waals surface area contributed by atoms with Gasteiger partial charge in [-0.1, -0.05) is 23.2 Å². The number of aryl methyl sites for hydroxylation is 1. The van der Waals surface area contributed by atoms with Crippen molar-refractivity contribution in [1.29, 1.82) is 0 Å². The third kappa shape index (κ3) is 3.48. The van der Waals surface area contributed by atoms with Gasteiger partial charge in [-0.25, -0.2) is 9.37 Å². The van der Waals surface area contributed by atoms with E-state index in [-0.39, 0.29) is 20.3 Å². The lowest BCUT2D eigenvalue weighted by atomic mass is 10.2. The smallest absolute Gasteiger partial charge is 0.255 e. The molecule has 0 saturated carbocycles. The number of carbonyl (C=O) groups excluding carboxylic acids is 1. The molecule has 0 atom stereocenters. The topological polar surface area (TPSA) is 42.0 Å². The summed E-state index contributed by atoms with van der Waals surface area (Å²) in [6.45, 7) is 1.69. The molecular weight excluding hydrogens is 370 g/mol. The number of anilines is 1. The fourth-order valence-corrected chi connectivity index (χ4v) is 2.38. The monoisotopic (exact) mass is 376 g/mol. The Kier molecular flexibility index (Phi) is 4.62. The number of amides is 1. The number of aromatic nitrogens is 1. The molecule has 0 unspecified atom stereocenters. The molecule has 0 spiro atoms. The summed E-state index contributed by atoms with van der Waals surface area (Å²) < 4.78 is 13.6. The van der Waals surface area contributed by atoms with Crippen LogP contribution in [0.3, 0.4) is 0 Å². The van der Waals surface area contributed by atoms with Gasteiger partial charge in [0, 0.05) is 11.3 Å². The first-order valence-electron chi connectivity index (χ1n) is 5.47. The molecule has 0 aliphatic heterocycles. The molecule has 2 aromatic rings. The van der Waals surface area contributed by atoms with Crippen molar-refractivity contribution in [3.63, 3.8) is 0 Å². The second-order valence-corrected chi connectivity index (χ2v) is 5.67. The molecule has 1 heterocycles. The van der Waals surface area contributed by atoms with Crippen LogP contribution in [0.2, 0.25) is 10.3 Å². The molecule has 0 aliphatic rings. The van der Waals surface area contributed by atoms with Crippen LogP contribution in [0.1, 0.15) is 15.9 Å². The van der Waals surface area contributed by atoms with Crippen molar-refractivity contribution < 1.29 is 9.18 Å². The average molecular weight is 378 g/mol. The molecular formula is C13H8BrCl2FN2O. The third-order valence-corrected chi connectivity index (χ3v) is 3.54. The van der Waals surface area contributed by atoms with Crippen molar-refractivity contribution in [2.45, 2.75) is 6.92 Å². The molecule has 1 N–H and O–H groups in total. The zero-order valence-electron chi connectivity index (χ0n) is 10.2. The lowest BCUT2D eigenvalue weighted by Crippen LogP contribution is -2.13. The van der Waals surface area contributed by atoms with Crippen molar-refractivity contribution in [3.8, 4) is 0 Å². The molecule has 0 radical (unpaired) electrons. The molecule has 104 valence electrons. The number of carbonyl (C=O) groups is 1. The molecule has 7 heteroatoms. The van der Waals surface area contributed by atoms with Crippen LogP contribution in [0.4, 0.5) is 10.1 Å². The molecule has 0 aliphatic carbocycles. The summed E-state index contributed by atoms with van der Waals surface area (Å²) >= 11 is 14.6. The normalized spacial score (nSPS) is 10.4. The maximum Gasteiger partial charge on any atom is 0.255 e. The second-order valence-electron chi connectivity index (χ2n) is 4.04. The van der Waals surface area contributed by atoms with E-state index in [9.17, 15) is 9.18 Å². The minimum atomic E-state index is -0.405. The number of benzene rings is 1. The van der Waals surface area contributed by atoms with Crippen LogP contribution in [-0.4, -0.2) is 10.9 Å². The van der Waals surface area contributed by atoms with Gasteiger partial charge >= 0.3 is 0 Å². The molecule has 20 heavy (non-hydrogen) atoms. The van der Waals surface area contributed by atoms with Crippen molar-refractivity contribution in [1.82, 2.24) is 4.98 Å². The highest BCUT2D eigenvalue weighted by atomic mass is 79.9. The van der Waals surface area contributed by atoms with Crippen molar-refractivity contribution >= 4 is 50.7 Å². The molecule has 3 nitrogen and oxygen atoms in total. The van der Waals surface area contributed by atoms with E-state index < -0.39 is 11.7 Å². The molecule has 1 amide bonds. The zero-order valence-corrected chi connectivity index (χ0v) is 13.3. The summed E-state index contributed by atoms with van der Waals surface area (Å²) in [6.07, 6.45) is 0. The Morgan fingerprint density at radius 2 is 1.85 bits per heavy atom. The van der Waals surface area contributed by atoms with Gasteiger partial charge in [0.15, 0.2) is 0 Å². The number of hydrogen-bond donors (Lipinski definition) is 1. The van der Waals surface area contributed by atoms with Gasteiger partial charge in [0.2, 0.25) is 0 Å². The first-order chi connectivity index (χ1) is 9.36. The van der Waals surface area contributed by atoms with E-state index in [1.807, 2.05) is 0 Å². The van der Waals surface area contributed by atoms with Crippen molar-refractivity contribution in [2.24, 2.45) is 0 Å². The number of nitrogens with zero attached hydrogens (tertiary/aromatic N) is 1. The quantitative estimate of drug-likeness (QED) is 0.760. The Morgan fingerprint density at radius 1 is 1.25 bits per heavy atom. The molecule has 1 aromatic carbocycles. The Labute approximate surface area is 133 Å². The maximum absolute atomic E-state index is 13.3. The zero-order chi connectivity index (χ0) is 14.9. The SMILES string of the molecule is Cc1cc(F)c(Br)cc1NC(=O)c1cc(Cl)nc(Cl)c1. The summed E-state index contributed by atoms with van der Waals surface area (Å²) in [5, 5.41) is 2.92. The van der Waals surface area contributed by atoms with E-state index >= 15 is 0 Å². The Morgan fingerprint density at radius 3 is 2.45 bits per heavy atom. The molecule has 0 saturated heterocycles. The first kappa shape index (κ1) is 15.2. The summed E-state index contributed by atoms with van der Waals surface area (Å²) in [6, 6.07) is 5.62.